The highest BCUT2D eigenvalue weighted by molar-refractivity contribution is 5.92. The maximum absolute atomic E-state index is 11.6. The lowest BCUT2D eigenvalue weighted by molar-refractivity contribution is -0.119. The summed E-state index contributed by atoms with van der Waals surface area (Å²) >= 11 is 0. The molecular weight excluding hydrogens is 406 g/mol. The molecule has 1 saturated heterocycles. The Bertz CT molecular complexity index is 1200. The molecule has 1 unspecified atom stereocenters. The molecule has 0 spiro atoms. The van der Waals surface area contributed by atoms with Crippen molar-refractivity contribution in [2.24, 2.45) is 0 Å². The van der Waals surface area contributed by atoms with Crippen LogP contribution in [0.15, 0.2) is 36.4 Å². The van der Waals surface area contributed by atoms with Crippen molar-refractivity contribution in [2.75, 3.05) is 36.1 Å². The van der Waals surface area contributed by atoms with Crippen LogP contribution in [0.25, 0.3) is 10.9 Å². The van der Waals surface area contributed by atoms with E-state index in [1.165, 1.54) is 6.92 Å². The average Bonchev–Trinajstić information content (AvgIpc) is 2.77. The Balaban J connectivity index is 1.75. The van der Waals surface area contributed by atoms with Gasteiger partial charge in [-0.1, -0.05) is 0 Å². The number of aromatic nitrogens is 2. The zero-order valence-electron chi connectivity index (χ0n) is 18.1. The predicted octanol–water partition coefficient (Wildman–Crippen LogP) is 2.94. The molecule has 164 valence electrons. The van der Waals surface area contributed by atoms with Gasteiger partial charge in [-0.2, -0.15) is 10.2 Å². The number of piperidine rings is 1. The second-order valence-corrected chi connectivity index (χ2v) is 7.82. The van der Waals surface area contributed by atoms with E-state index in [-0.39, 0.29) is 11.9 Å². The van der Waals surface area contributed by atoms with E-state index in [0.717, 1.165) is 36.1 Å². The van der Waals surface area contributed by atoms with Crippen LogP contribution in [0.3, 0.4) is 0 Å². The van der Waals surface area contributed by atoms with Gasteiger partial charge in [0.1, 0.15) is 11.6 Å². The highest BCUT2D eigenvalue weighted by atomic mass is 16.5. The van der Waals surface area contributed by atoms with Crippen molar-refractivity contribution in [3.63, 3.8) is 0 Å². The van der Waals surface area contributed by atoms with Gasteiger partial charge in [0.2, 0.25) is 11.9 Å². The zero-order valence-corrected chi connectivity index (χ0v) is 18.1. The largest absolute Gasteiger partial charge is 0.497 e. The summed E-state index contributed by atoms with van der Waals surface area (Å²) in [5.74, 6) is 1.83. The molecule has 1 aliphatic rings. The van der Waals surface area contributed by atoms with Crippen LogP contribution in [0, 0.1) is 11.3 Å². The topological polar surface area (TPSA) is 129 Å². The fraction of sp³-hybridized carbons (Fsp3) is 0.304. The Morgan fingerprint density at radius 2 is 2.12 bits per heavy atom. The van der Waals surface area contributed by atoms with Crippen LogP contribution in [-0.4, -0.2) is 42.1 Å². The Labute approximate surface area is 186 Å². The third kappa shape index (κ3) is 4.64. The lowest BCUT2D eigenvalue weighted by Crippen LogP contribution is -2.47. The number of nitrogens with one attached hydrogen (secondary N) is 2. The first-order chi connectivity index (χ1) is 15.4. The van der Waals surface area contributed by atoms with Gasteiger partial charge in [0.05, 0.1) is 24.3 Å². The van der Waals surface area contributed by atoms with Crippen LogP contribution < -0.4 is 26.0 Å². The van der Waals surface area contributed by atoms with Crippen LogP contribution >= 0.6 is 0 Å². The molecule has 2 heterocycles. The summed E-state index contributed by atoms with van der Waals surface area (Å²) in [6.45, 7) is 3.00. The number of amides is 1. The number of carbonyl (C=O) groups is 1. The summed E-state index contributed by atoms with van der Waals surface area (Å²) in [5, 5.41) is 16.3. The highest BCUT2D eigenvalue weighted by Gasteiger charge is 2.24. The second kappa shape index (κ2) is 8.98. The number of carbonyl (C=O) groups excluding carboxylic acids is 1. The standard InChI is InChI=1S/C23H25N7O2/c1-14(31)26-17-4-3-7-30(13-17)22-20-11-19(32-2)5-6-21(20)28-23(29-22)27-18-9-15(12-24)8-16(25)10-18/h5-6,8-11,17H,3-4,7,13,25H2,1-2H3,(H,26,31)(H,27,28,29). The highest BCUT2D eigenvalue weighted by Crippen LogP contribution is 2.31. The monoisotopic (exact) mass is 431 g/mol. The first-order valence-electron chi connectivity index (χ1n) is 10.4. The Morgan fingerprint density at radius 1 is 1.28 bits per heavy atom. The number of methoxy groups -OCH3 is 1. The van der Waals surface area contributed by atoms with Crippen molar-refractivity contribution < 1.29 is 9.53 Å². The normalized spacial score (nSPS) is 15.8. The predicted molar refractivity (Wildman–Crippen MR) is 124 cm³/mol. The molecule has 1 aliphatic heterocycles. The summed E-state index contributed by atoms with van der Waals surface area (Å²) in [6.07, 6.45) is 1.86. The number of nitriles is 1. The third-order valence-electron chi connectivity index (χ3n) is 5.35. The van der Waals surface area contributed by atoms with Crippen LogP contribution in [-0.2, 0) is 4.79 Å². The number of hydrogen-bond donors (Lipinski definition) is 3. The zero-order chi connectivity index (χ0) is 22.7. The Morgan fingerprint density at radius 3 is 2.88 bits per heavy atom. The lowest BCUT2D eigenvalue weighted by Gasteiger charge is -2.34. The number of rotatable bonds is 5. The molecule has 0 bridgehead atoms. The first kappa shape index (κ1) is 21.2. The van der Waals surface area contributed by atoms with Gasteiger partial charge in [0, 0.05) is 42.8 Å². The summed E-state index contributed by atoms with van der Waals surface area (Å²) in [5.41, 5.74) is 8.24. The van der Waals surface area contributed by atoms with Crippen molar-refractivity contribution >= 4 is 40.0 Å². The maximum atomic E-state index is 11.6. The number of ether oxygens (including phenoxy) is 1. The van der Waals surface area contributed by atoms with E-state index in [1.807, 2.05) is 18.2 Å². The van der Waals surface area contributed by atoms with Crippen molar-refractivity contribution in [1.29, 1.82) is 5.26 Å². The molecule has 9 nitrogen and oxygen atoms in total. The molecule has 1 atom stereocenters. The van der Waals surface area contributed by atoms with Crippen molar-refractivity contribution in [3.8, 4) is 11.8 Å². The molecule has 1 aromatic heterocycles. The number of anilines is 4. The van der Waals surface area contributed by atoms with Crippen LogP contribution in [0.5, 0.6) is 5.75 Å². The van der Waals surface area contributed by atoms with Gasteiger partial charge in [-0.25, -0.2) is 4.98 Å². The molecule has 0 saturated carbocycles. The number of hydrogen-bond acceptors (Lipinski definition) is 8. The second-order valence-electron chi connectivity index (χ2n) is 7.82. The lowest BCUT2D eigenvalue weighted by atomic mass is 10.0. The summed E-state index contributed by atoms with van der Waals surface area (Å²) in [6, 6.07) is 12.9. The average molecular weight is 432 g/mol. The summed E-state index contributed by atoms with van der Waals surface area (Å²) in [7, 11) is 1.62. The van der Waals surface area contributed by atoms with Crippen LogP contribution in [0.2, 0.25) is 0 Å². The molecule has 3 aromatic rings. The SMILES string of the molecule is COc1ccc2nc(Nc3cc(N)cc(C#N)c3)nc(N3CCCC(NC(C)=O)C3)c2c1. The van der Waals surface area contributed by atoms with Crippen molar-refractivity contribution in [2.45, 2.75) is 25.8 Å². The molecule has 32 heavy (non-hydrogen) atoms. The van der Waals surface area contributed by atoms with Gasteiger partial charge in [0.15, 0.2) is 0 Å². The Kier molecular flexibility index (Phi) is 5.94. The van der Waals surface area contributed by atoms with Crippen molar-refractivity contribution in [3.05, 3.63) is 42.0 Å². The van der Waals surface area contributed by atoms with E-state index in [4.69, 9.17) is 15.5 Å². The quantitative estimate of drug-likeness (QED) is 0.526. The molecule has 2 aromatic carbocycles. The fourth-order valence-corrected chi connectivity index (χ4v) is 4.01. The van der Waals surface area contributed by atoms with Gasteiger partial charge in [0.25, 0.3) is 0 Å². The molecule has 0 aliphatic carbocycles. The number of benzene rings is 2. The maximum Gasteiger partial charge on any atom is 0.229 e. The Hall–Kier alpha value is -4.06. The summed E-state index contributed by atoms with van der Waals surface area (Å²) < 4.78 is 5.41. The van der Waals surface area contributed by atoms with E-state index < -0.39 is 0 Å². The number of nitrogen functional groups attached to an aromatic ring is 1. The minimum Gasteiger partial charge on any atom is -0.497 e. The summed E-state index contributed by atoms with van der Waals surface area (Å²) in [4.78, 5) is 23.2. The third-order valence-corrected chi connectivity index (χ3v) is 5.35. The van der Waals surface area contributed by atoms with E-state index in [2.05, 4.69) is 26.6 Å². The van der Waals surface area contributed by atoms with Gasteiger partial charge in [-0.3, -0.25) is 4.79 Å². The van der Waals surface area contributed by atoms with E-state index in [9.17, 15) is 10.1 Å². The van der Waals surface area contributed by atoms with Crippen molar-refractivity contribution in [1.82, 2.24) is 15.3 Å². The molecule has 0 radical (unpaired) electrons. The smallest absolute Gasteiger partial charge is 0.229 e. The minimum atomic E-state index is -0.0385. The van der Waals surface area contributed by atoms with Crippen LogP contribution in [0.4, 0.5) is 23.1 Å². The molecule has 4 rings (SSSR count). The van der Waals surface area contributed by atoms with E-state index >= 15 is 0 Å². The van der Waals surface area contributed by atoms with Crippen LogP contribution in [0.1, 0.15) is 25.3 Å². The molecule has 1 amide bonds. The first-order valence-corrected chi connectivity index (χ1v) is 10.4. The molecule has 9 heteroatoms. The fourth-order valence-electron chi connectivity index (χ4n) is 4.01. The van der Waals surface area contributed by atoms with Gasteiger partial charge < -0.3 is 26.0 Å². The number of fused-ring (bicyclic) bond motifs is 1. The van der Waals surface area contributed by atoms with E-state index in [0.29, 0.717) is 35.2 Å². The number of nitrogens with two attached hydrogens (primary N) is 1. The van der Waals surface area contributed by atoms with Gasteiger partial charge in [-0.05, 0) is 49.2 Å². The van der Waals surface area contributed by atoms with Gasteiger partial charge >= 0.3 is 0 Å². The molecule has 1 fully saturated rings. The molecule has 4 N–H and O–H groups in total. The minimum absolute atomic E-state index is 0.0385. The van der Waals surface area contributed by atoms with E-state index in [1.54, 1.807) is 25.3 Å². The number of nitrogens with zero attached hydrogens (tertiary/aromatic N) is 4. The molecular formula is C23H25N7O2. The van der Waals surface area contributed by atoms with Gasteiger partial charge in [-0.15, -0.1) is 0 Å².